The van der Waals surface area contributed by atoms with Crippen molar-refractivity contribution in [2.24, 2.45) is 5.73 Å². The van der Waals surface area contributed by atoms with Gasteiger partial charge in [-0.05, 0) is 52.0 Å². The van der Waals surface area contributed by atoms with Crippen LogP contribution in [-0.4, -0.2) is 43.7 Å². The average Bonchev–Trinajstić information content (AvgIpc) is 2.30. The summed E-state index contributed by atoms with van der Waals surface area (Å²) in [5.74, 6) is 0. The maximum atomic E-state index is 5.80. The van der Waals surface area contributed by atoms with Crippen LogP contribution in [-0.2, 0) is 0 Å². The molecule has 0 aromatic rings. The fourth-order valence-electron chi connectivity index (χ4n) is 1.81. The maximum Gasteiger partial charge on any atom is 0.00631 e. The van der Waals surface area contributed by atoms with E-state index in [1.54, 1.807) is 0 Å². The Bertz CT molecular complexity index is 126. The second-order valence-electron chi connectivity index (χ2n) is 4.49. The highest BCUT2D eigenvalue weighted by Crippen LogP contribution is 2.08. The molecule has 0 saturated carbocycles. The highest BCUT2D eigenvalue weighted by molar-refractivity contribution is 4.73. The highest BCUT2D eigenvalue weighted by Gasteiger charge is 2.14. The van der Waals surface area contributed by atoms with E-state index in [-0.39, 0.29) is 0 Å². The number of hydrogen-bond acceptors (Lipinski definition) is 3. The lowest BCUT2D eigenvalue weighted by Gasteiger charge is -2.29. The fraction of sp³-hybridized carbons (Fsp3) is 1.00. The Kier molecular flexibility index (Phi) is 11.3. The van der Waals surface area contributed by atoms with Gasteiger partial charge in [-0.3, -0.25) is 0 Å². The molecule has 3 heteroatoms. The molecule has 0 atom stereocenters. The topological polar surface area (TPSA) is 41.3 Å². The molecule has 0 unspecified atom stereocenters. The third-order valence-electron chi connectivity index (χ3n) is 2.96. The van der Waals surface area contributed by atoms with Crippen LogP contribution in [0.15, 0.2) is 0 Å². The molecule has 0 bridgehead atoms. The number of piperidine rings is 1. The molecule has 0 amide bonds. The summed E-state index contributed by atoms with van der Waals surface area (Å²) in [6, 6.07) is 0.480. The molecule has 3 N–H and O–H groups in total. The lowest BCUT2D eigenvalue weighted by atomic mass is 10.1. The van der Waals surface area contributed by atoms with E-state index in [1.807, 2.05) is 0 Å². The smallest absolute Gasteiger partial charge is 0.00631 e. The van der Waals surface area contributed by atoms with Crippen LogP contribution >= 0.6 is 0 Å². The molecule has 1 aliphatic rings. The van der Waals surface area contributed by atoms with Gasteiger partial charge in [0.15, 0.2) is 0 Å². The number of hydrogen-bond donors (Lipinski definition) is 2. The molecule has 3 nitrogen and oxygen atoms in total. The third-order valence-corrected chi connectivity index (χ3v) is 2.96. The quantitative estimate of drug-likeness (QED) is 0.755. The molecule has 0 radical (unpaired) electrons. The van der Waals surface area contributed by atoms with Gasteiger partial charge in [0.2, 0.25) is 0 Å². The number of nitrogens with two attached hydrogens (primary N) is 1. The van der Waals surface area contributed by atoms with Crippen molar-refractivity contribution in [1.82, 2.24) is 10.2 Å². The summed E-state index contributed by atoms with van der Waals surface area (Å²) in [7, 11) is 0. The molecule has 1 fully saturated rings. The van der Waals surface area contributed by atoms with Gasteiger partial charge in [-0.15, -0.1) is 0 Å². The summed E-state index contributed by atoms with van der Waals surface area (Å²) in [6.07, 6.45) is 5.05. The third kappa shape index (κ3) is 9.13. The Morgan fingerprint density at radius 3 is 2.06 bits per heavy atom. The highest BCUT2D eigenvalue weighted by atomic mass is 15.1. The van der Waals surface area contributed by atoms with Crippen molar-refractivity contribution in [3.63, 3.8) is 0 Å². The Balaban J connectivity index is 0.000000385. The van der Waals surface area contributed by atoms with E-state index in [0.29, 0.717) is 6.04 Å². The predicted molar refractivity (Wildman–Crippen MR) is 72.8 cm³/mol. The first-order chi connectivity index (χ1) is 7.74. The molecular weight excluding hydrogens is 198 g/mol. The summed E-state index contributed by atoms with van der Waals surface area (Å²) in [5, 5.41) is 3.11. The Hall–Kier alpha value is -0.120. The van der Waals surface area contributed by atoms with Crippen LogP contribution in [0.1, 0.15) is 46.5 Å². The molecule has 0 aromatic heterocycles. The number of nitrogens with one attached hydrogen (secondary N) is 1. The van der Waals surface area contributed by atoms with Crippen molar-refractivity contribution in [1.29, 1.82) is 0 Å². The maximum absolute atomic E-state index is 5.80. The van der Waals surface area contributed by atoms with E-state index in [2.05, 4.69) is 31.0 Å². The van der Waals surface area contributed by atoms with Crippen LogP contribution in [0.3, 0.4) is 0 Å². The summed E-state index contributed by atoms with van der Waals surface area (Å²) < 4.78 is 0. The van der Waals surface area contributed by atoms with Crippen molar-refractivity contribution >= 4 is 0 Å². The Morgan fingerprint density at radius 2 is 1.69 bits per heavy atom. The number of rotatable bonds is 5. The Labute approximate surface area is 102 Å². The molecule has 0 aliphatic carbocycles. The average molecular weight is 229 g/mol. The SMILES string of the molecule is CCCCN1CCC(N)CC1.CCNCC. The molecular formula is C13H31N3. The van der Waals surface area contributed by atoms with Crippen LogP contribution in [0.2, 0.25) is 0 Å². The fourth-order valence-corrected chi connectivity index (χ4v) is 1.81. The minimum absolute atomic E-state index is 0.480. The largest absolute Gasteiger partial charge is 0.328 e. The summed E-state index contributed by atoms with van der Waals surface area (Å²) in [4.78, 5) is 2.53. The minimum atomic E-state index is 0.480. The van der Waals surface area contributed by atoms with Crippen LogP contribution < -0.4 is 11.1 Å². The zero-order chi connectivity index (χ0) is 12.2. The van der Waals surface area contributed by atoms with Gasteiger partial charge in [-0.25, -0.2) is 0 Å². The Morgan fingerprint density at radius 1 is 1.12 bits per heavy atom. The van der Waals surface area contributed by atoms with E-state index in [4.69, 9.17) is 5.73 Å². The first-order valence-electron chi connectivity index (χ1n) is 6.93. The first-order valence-corrected chi connectivity index (χ1v) is 6.93. The molecule has 1 aliphatic heterocycles. The van der Waals surface area contributed by atoms with Gasteiger partial charge in [0.25, 0.3) is 0 Å². The van der Waals surface area contributed by atoms with E-state index in [0.717, 1.165) is 13.1 Å². The zero-order valence-electron chi connectivity index (χ0n) is 11.5. The van der Waals surface area contributed by atoms with Crippen molar-refractivity contribution < 1.29 is 0 Å². The monoisotopic (exact) mass is 229 g/mol. The van der Waals surface area contributed by atoms with Crippen LogP contribution in [0.4, 0.5) is 0 Å². The van der Waals surface area contributed by atoms with E-state index in [1.165, 1.54) is 45.3 Å². The van der Waals surface area contributed by atoms with E-state index >= 15 is 0 Å². The van der Waals surface area contributed by atoms with Crippen LogP contribution in [0.5, 0.6) is 0 Å². The van der Waals surface area contributed by atoms with Crippen molar-refractivity contribution in [2.45, 2.75) is 52.5 Å². The molecule has 1 rings (SSSR count). The lowest BCUT2D eigenvalue weighted by molar-refractivity contribution is 0.210. The van der Waals surface area contributed by atoms with Gasteiger partial charge in [-0.1, -0.05) is 27.2 Å². The van der Waals surface area contributed by atoms with Gasteiger partial charge in [0.1, 0.15) is 0 Å². The summed E-state index contributed by atoms with van der Waals surface area (Å²) in [5.41, 5.74) is 5.80. The molecule has 16 heavy (non-hydrogen) atoms. The number of likely N-dealkylation sites (tertiary alicyclic amines) is 1. The normalized spacial score (nSPS) is 18.0. The van der Waals surface area contributed by atoms with Gasteiger partial charge in [0.05, 0.1) is 0 Å². The lowest BCUT2D eigenvalue weighted by Crippen LogP contribution is -2.39. The standard InChI is InChI=1S/C9H20N2.C4H11N/c1-2-3-6-11-7-4-9(10)5-8-11;1-3-5-4-2/h9H,2-8,10H2,1H3;5H,3-4H2,1-2H3. The second-order valence-corrected chi connectivity index (χ2v) is 4.49. The van der Waals surface area contributed by atoms with Crippen LogP contribution in [0.25, 0.3) is 0 Å². The van der Waals surface area contributed by atoms with Crippen molar-refractivity contribution in [3.8, 4) is 0 Å². The number of nitrogens with zero attached hydrogens (tertiary/aromatic N) is 1. The summed E-state index contributed by atoms with van der Waals surface area (Å²) in [6.45, 7) is 12.4. The van der Waals surface area contributed by atoms with Gasteiger partial charge in [0, 0.05) is 6.04 Å². The zero-order valence-corrected chi connectivity index (χ0v) is 11.5. The molecule has 1 saturated heterocycles. The molecule has 1 heterocycles. The van der Waals surface area contributed by atoms with E-state index < -0.39 is 0 Å². The van der Waals surface area contributed by atoms with Gasteiger partial charge >= 0.3 is 0 Å². The molecule has 98 valence electrons. The minimum Gasteiger partial charge on any atom is -0.328 e. The van der Waals surface area contributed by atoms with Crippen molar-refractivity contribution in [3.05, 3.63) is 0 Å². The van der Waals surface area contributed by atoms with Gasteiger partial charge < -0.3 is 16.0 Å². The van der Waals surface area contributed by atoms with Crippen molar-refractivity contribution in [2.75, 3.05) is 32.7 Å². The predicted octanol–water partition coefficient (Wildman–Crippen LogP) is 1.83. The van der Waals surface area contributed by atoms with E-state index in [9.17, 15) is 0 Å². The molecule has 0 aromatic carbocycles. The summed E-state index contributed by atoms with van der Waals surface area (Å²) >= 11 is 0. The van der Waals surface area contributed by atoms with Crippen LogP contribution in [0, 0.1) is 0 Å². The van der Waals surface area contributed by atoms with Gasteiger partial charge in [-0.2, -0.15) is 0 Å². The number of unbranched alkanes of at least 4 members (excludes halogenated alkanes) is 1. The first kappa shape index (κ1) is 15.9. The molecule has 0 spiro atoms. The second kappa shape index (κ2) is 11.4.